The molecule has 1 aliphatic carbocycles. The lowest BCUT2D eigenvalue weighted by Gasteiger charge is -2.36. The van der Waals surface area contributed by atoms with Crippen molar-refractivity contribution in [2.45, 2.75) is 95.4 Å². The molecule has 1 saturated carbocycles. The fourth-order valence-corrected chi connectivity index (χ4v) is 6.05. The van der Waals surface area contributed by atoms with Crippen LogP contribution >= 0.6 is 0 Å². The van der Waals surface area contributed by atoms with E-state index in [1.54, 1.807) is 4.90 Å². The summed E-state index contributed by atoms with van der Waals surface area (Å²) in [6.07, 6.45) is 1.32. The van der Waals surface area contributed by atoms with Crippen LogP contribution in [0.4, 0.5) is 13.2 Å². The summed E-state index contributed by atoms with van der Waals surface area (Å²) in [5, 5.41) is 9.13. The summed E-state index contributed by atoms with van der Waals surface area (Å²) in [5.74, 6) is -0.0211. The molecular formula is C25H38F3N3O3S. The van der Waals surface area contributed by atoms with Crippen molar-refractivity contribution in [2.75, 3.05) is 19.8 Å². The Morgan fingerprint density at radius 1 is 1.23 bits per heavy atom. The maximum Gasteiger partial charge on any atom is 0.416 e. The maximum atomic E-state index is 13.4. The van der Waals surface area contributed by atoms with Crippen LogP contribution in [0.1, 0.15) is 76.0 Å². The van der Waals surface area contributed by atoms with Gasteiger partial charge < -0.3 is 15.0 Å². The minimum Gasteiger partial charge on any atom is -0.381 e. The molecule has 1 aromatic rings. The molecule has 3 unspecified atom stereocenters. The Balaban J connectivity index is 0.00000108. The molecule has 3 atom stereocenters. The van der Waals surface area contributed by atoms with Crippen molar-refractivity contribution >= 4 is 16.9 Å². The number of carbonyl (C=O) groups excluding carboxylic acids is 1. The molecule has 10 heteroatoms. The van der Waals surface area contributed by atoms with Gasteiger partial charge in [-0.2, -0.15) is 13.2 Å². The number of nitrogens with zero attached hydrogens (tertiary/aromatic N) is 1. The molecule has 0 aromatic heterocycles. The quantitative estimate of drug-likeness (QED) is 0.623. The highest BCUT2D eigenvalue weighted by Gasteiger charge is 2.44. The number of halogens is 3. The van der Waals surface area contributed by atoms with Gasteiger partial charge in [0.15, 0.2) is 0 Å². The van der Waals surface area contributed by atoms with Gasteiger partial charge in [0.25, 0.3) is 0 Å². The number of fused-ring (bicyclic) bond motifs is 1. The zero-order valence-corrected chi connectivity index (χ0v) is 21.7. The number of benzene rings is 1. The number of ether oxygens (including phenoxy) is 1. The van der Waals surface area contributed by atoms with Crippen molar-refractivity contribution < 1.29 is 26.9 Å². The number of alkyl halides is 3. The van der Waals surface area contributed by atoms with Gasteiger partial charge in [-0.15, -0.1) is 0 Å². The molecule has 2 heterocycles. The third-order valence-corrected chi connectivity index (χ3v) is 7.87. The molecule has 1 saturated heterocycles. The Morgan fingerprint density at radius 3 is 2.49 bits per heavy atom. The fourth-order valence-electron chi connectivity index (χ4n) is 5.33. The monoisotopic (exact) mass is 517 g/mol. The van der Waals surface area contributed by atoms with Crippen molar-refractivity contribution in [3.8, 4) is 0 Å². The van der Waals surface area contributed by atoms with Crippen molar-refractivity contribution in [3.63, 3.8) is 0 Å². The van der Waals surface area contributed by atoms with Gasteiger partial charge in [-0.3, -0.25) is 4.79 Å². The van der Waals surface area contributed by atoms with E-state index in [-0.39, 0.29) is 23.4 Å². The van der Waals surface area contributed by atoms with Crippen LogP contribution in [0.15, 0.2) is 17.0 Å². The molecule has 35 heavy (non-hydrogen) atoms. The number of nitrogens with one attached hydrogen (secondary N) is 1. The minimum absolute atomic E-state index is 0.00901. The van der Waals surface area contributed by atoms with Crippen LogP contribution in [0.2, 0.25) is 0 Å². The first-order chi connectivity index (χ1) is 16.5. The number of hydrogen-bond acceptors (Lipinski definition) is 4. The van der Waals surface area contributed by atoms with E-state index in [2.05, 4.69) is 19.2 Å². The molecule has 2 aliphatic heterocycles. The van der Waals surface area contributed by atoms with E-state index >= 15 is 0 Å². The Hall–Kier alpha value is -1.49. The lowest BCUT2D eigenvalue weighted by atomic mass is 9.85. The highest BCUT2D eigenvalue weighted by atomic mass is 32.2. The van der Waals surface area contributed by atoms with Crippen LogP contribution in [0.25, 0.3) is 0 Å². The molecule has 4 rings (SSSR count). The number of amides is 1. The second-order valence-corrected chi connectivity index (χ2v) is 11.2. The summed E-state index contributed by atoms with van der Waals surface area (Å²) in [7, 11) is -2.03. The van der Waals surface area contributed by atoms with Crippen molar-refractivity contribution in [1.29, 1.82) is 0 Å². The summed E-state index contributed by atoms with van der Waals surface area (Å²) in [5.41, 5.74) is -0.473. The summed E-state index contributed by atoms with van der Waals surface area (Å²) in [6.45, 7) is 8.18. The van der Waals surface area contributed by atoms with E-state index in [0.29, 0.717) is 36.6 Å². The molecule has 1 amide bonds. The van der Waals surface area contributed by atoms with Crippen LogP contribution < -0.4 is 10.5 Å². The highest BCUT2D eigenvalue weighted by Crippen LogP contribution is 2.41. The van der Waals surface area contributed by atoms with Crippen LogP contribution in [0.5, 0.6) is 0 Å². The molecule has 6 nitrogen and oxygen atoms in total. The average molecular weight is 518 g/mol. The van der Waals surface area contributed by atoms with Crippen LogP contribution in [-0.4, -0.2) is 46.9 Å². The summed E-state index contributed by atoms with van der Waals surface area (Å²) in [6, 6.07) is 2.60. The maximum absolute atomic E-state index is 13.4. The Labute approximate surface area is 208 Å². The van der Waals surface area contributed by atoms with Crippen LogP contribution in [0.3, 0.4) is 0 Å². The number of rotatable bonds is 4. The van der Waals surface area contributed by atoms with Crippen molar-refractivity contribution in [3.05, 3.63) is 28.8 Å². The molecule has 1 aromatic carbocycles. The predicted octanol–water partition coefficient (Wildman–Crippen LogP) is 4.32. The molecule has 0 spiro atoms. The molecule has 3 N–H and O–H groups in total. The summed E-state index contributed by atoms with van der Waals surface area (Å²) in [4.78, 5) is 15.1. The van der Waals surface area contributed by atoms with E-state index in [1.165, 1.54) is 6.42 Å². The molecule has 0 radical (unpaired) electrons. The number of nitrogens with two attached hydrogens (primary N) is 1. The van der Waals surface area contributed by atoms with Gasteiger partial charge in [0, 0.05) is 43.8 Å². The average Bonchev–Trinajstić information content (AvgIpc) is 3.19. The van der Waals surface area contributed by atoms with Crippen LogP contribution in [-0.2, 0) is 39.7 Å². The molecule has 198 valence electrons. The zero-order chi connectivity index (χ0) is 25.8. The fraction of sp³-hybridized carbons (Fsp3) is 0.720. The van der Waals surface area contributed by atoms with Gasteiger partial charge >= 0.3 is 6.18 Å². The van der Waals surface area contributed by atoms with Gasteiger partial charge in [0.1, 0.15) is 11.0 Å². The smallest absolute Gasteiger partial charge is 0.381 e. The first-order valence-electron chi connectivity index (χ1n) is 12.5. The first kappa shape index (κ1) is 28.1. The summed E-state index contributed by atoms with van der Waals surface area (Å²) < 4.78 is 57.4. The third-order valence-electron chi connectivity index (χ3n) is 7.08. The van der Waals surface area contributed by atoms with Gasteiger partial charge in [-0.25, -0.2) is 9.35 Å². The Bertz CT molecular complexity index is 921. The Kier molecular flexibility index (Phi) is 9.39. The molecule has 3 aliphatic rings. The molecular weight excluding hydrogens is 479 g/mol. The van der Waals surface area contributed by atoms with Crippen LogP contribution in [0, 0.1) is 5.41 Å². The predicted molar refractivity (Wildman–Crippen MR) is 130 cm³/mol. The van der Waals surface area contributed by atoms with Gasteiger partial charge in [0.2, 0.25) is 5.91 Å². The third kappa shape index (κ3) is 6.84. The second kappa shape index (κ2) is 11.7. The molecule has 0 bridgehead atoms. The SMILES string of the molecule is CC1(C(=O)N2CCc3c(cc(C(F)(F)F)cc3S(N)=O)C2)CCC(NC2CCOCC2)C1.CCC. The normalized spacial score (nSPS) is 26.0. The van der Waals surface area contributed by atoms with Gasteiger partial charge in [-0.1, -0.05) is 27.2 Å². The number of hydrogen-bond donors (Lipinski definition) is 2. The zero-order valence-electron chi connectivity index (χ0n) is 20.9. The standard InChI is InChI=1S/C22H30F3N3O3S.C3H8/c1-21(6-2-17(12-21)27-16-4-8-31-9-5-16)20(29)28-7-3-18-14(13-28)10-15(22(23,24)25)11-19(18)32(26)30;1-3-2/h10-11,16-17,27H,2-9,12-13,26H2,1H3;3H2,1-2H3. The van der Waals surface area contributed by atoms with E-state index in [0.717, 1.165) is 51.0 Å². The van der Waals surface area contributed by atoms with Gasteiger partial charge in [-0.05, 0) is 61.8 Å². The Morgan fingerprint density at radius 2 is 1.89 bits per heavy atom. The van der Waals surface area contributed by atoms with E-state index in [1.807, 2.05) is 6.92 Å². The topological polar surface area (TPSA) is 84.7 Å². The largest absolute Gasteiger partial charge is 0.416 e. The van der Waals surface area contributed by atoms with E-state index in [4.69, 9.17) is 9.88 Å². The highest BCUT2D eigenvalue weighted by molar-refractivity contribution is 7.82. The van der Waals surface area contributed by atoms with Crippen molar-refractivity contribution in [1.82, 2.24) is 10.2 Å². The van der Waals surface area contributed by atoms with Crippen molar-refractivity contribution in [2.24, 2.45) is 10.6 Å². The molecule has 2 fully saturated rings. The lowest BCUT2D eigenvalue weighted by molar-refractivity contribution is -0.142. The summed E-state index contributed by atoms with van der Waals surface area (Å²) >= 11 is 0. The first-order valence-corrected chi connectivity index (χ1v) is 13.7. The second-order valence-electron chi connectivity index (χ2n) is 10.1. The van der Waals surface area contributed by atoms with E-state index in [9.17, 15) is 22.2 Å². The lowest BCUT2D eigenvalue weighted by Crippen LogP contribution is -2.45. The van der Waals surface area contributed by atoms with Gasteiger partial charge in [0.05, 0.1) is 10.5 Å². The minimum atomic E-state index is -4.57. The van der Waals surface area contributed by atoms with E-state index < -0.39 is 28.1 Å². The number of carbonyl (C=O) groups is 1.